The molecule has 3 rings (SSSR count). The van der Waals surface area contributed by atoms with Crippen molar-refractivity contribution >= 4 is 26.6 Å². The van der Waals surface area contributed by atoms with E-state index in [2.05, 4.69) is 4.72 Å². The third-order valence-corrected chi connectivity index (χ3v) is 4.96. The Hall–Kier alpha value is -2.40. The maximum atomic E-state index is 12.5. The number of anilines is 1. The van der Waals surface area contributed by atoms with Gasteiger partial charge in [-0.05, 0) is 37.3 Å². The predicted octanol–water partition coefficient (Wildman–Crippen LogP) is 2.77. The quantitative estimate of drug-likeness (QED) is 0.756. The van der Waals surface area contributed by atoms with Crippen LogP contribution in [0.5, 0.6) is 0 Å². The van der Waals surface area contributed by atoms with Crippen LogP contribution in [0.15, 0.2) is 65.7 Å². The Balaban J connectivity index is 2.00. The topological polar surface area (TPSA) is 50.1 Å². The second kappa shape index (κ2) is 5.42. The number of fused-ring (bicyclic) bond motifs is 1. The van der Waals surface area contributed by atoms with Crippen LogP contribution in [0.4, 0.5) is 5.69 Å². The van der Waals surface area contributed by atoms with Crippen LogP contribution in [0.2, 0.25) is 0 Å². The van der Waals surface area contributed by atoms with Gasteiger partial charge < -0.3 is 0 Å². The Bertz CT molecular complexity index is 933. The molecule has 0 spiro atoms. The first-order chi connectivity index (χ1) is 10.5. The number of hydrogen-bond donors (Lipinski definition) is 1. The molecule has 1 N–H and O–H groups in total. The Kier molecular flexibility index (Phi) is 3.58. The lowest BCUT2D eigenvalue weighted by Crippen LogP contribution is -2.27. The zero-order chi connectivity index (χ0) is 15.7. The molecule has 0 aliphatic rings. The molecule has 3 aromatic rings. The van der Waals surface area contributed by atoms with E-state index in [1.807, 2.05) is 55.1 Å². The van der Waals surface area contributed by atoms with Gasteiger partial charge in [-0.2, -0.15) is 0 Å². The highest BCUT2D eigenvalue weighted by atomic mass is 32.2. The van der Waals surface area contributed by atoms with E-state index in [-0.39, 0.29) is 4.90 Å². The number of aromatic nitrogens is 1. The number of sulfonamides is 1. The first-order valence-electron chi connectivity index (χ1n) is 6.94. The third kappa shape index (κ3) is 2.80. The molecule has 4 nitrogen and oxygen atoms in total. The molecule has 1 heterocycles. The second-order valence-electron chi connectivity index (χ2n) is 5.31. The van der Waals surface area contributed by atoms with Gasteiger partial charge in [0.25, 0.3) is 10.0 Å². The van der Waals surface area contributed by atoms with Crippen LogP contribution in [0.25, 0.3) is 10.9 Å². The van der Waals surface area contributed by atoms with Crippen molar-refractivity contribution in [3.8, 4) is 0 Å². The van der Waals surface area contributed by atoms with Crippen LogP contribution in [-0.2, 0) is 17.1 Å². The molecular weight excluding hydrogens is 296 g/mol. The van der Waals surface area contributed by atoms with Crippen LogP contribution < -0.4 is 9.29 Å². The van der Waals surface area contributed by atoms with Crippen molar-refractivity contribution in [2.75, 3.05) is 4.72 Å². The van der Waals surface area contributed by atoms with Gasteiger partial charge in [-0.15, -0.1) is 0 Å². The Labute approximate surface area is 130 Å². The largest absolute Gasteiger partial charge is 0.280 e. The molecular formula is C17H17N2O2S+. The van der Waals surface area contributed by atoms with Crippen molar-refractivity contribution < 1.29 is 13.0 Å². The van der Waals surface area contributed by atoms with Gasteiger partial charge in [0.05, 0.1) is 4.90 Å². The normalized spacial score (nSPS) is 11.5. The molecule has 0 aliphatic carbocycles. The van der Waals surface area contributed by atoms with Crippen molar-refractivity contribution in [3.05, 3.63) is 66.4 Å². The zero-order valence-corrected chi connectivity index (χ0v) is 13.3. The van der Waals surface area contributed by atoms with E-state index in [1.165, 1.54) is 0 Å². The number of pyridine rings is 1. The molecule has 0 saturated heterocycles. The summed E-state index contributed by atoms with van der Waals surface area (Å²) in [5.41, 5.74) is 2.63. The molecule has 0 unspecified atom stereocenters. The minimum absolute atomic E-state index is 0.256. The highest BCUT2D eigenvalue weighted by Crippen LogP contribution is 2.20. The van der Waals surface area contributed by atoms with Crippen molar-refractivity contribution in [1.29, 1.82) is 0 Å². The number of nitrogens with zero attached hydrogens (tertiary/aromatic N) is 1. The zero-order valence-electron chi connectivity index (χ0n) is 12.4. The third-order valence-electron chi connectivity index (χ3n) is 3.58. The van der Waals surface area contributed by atoms with Gasteiger partial charge in [-0.3, -0.25) is 4.72 Å². The van der Waals surface area contributed by atoms with Gasteiger partial charge >= 0.3 is 0 Å². The molecule has 0 fully saturated rings. The van der Waals surface area contributed by atoms with Crippen molar-refractivity contribution in [2.45, 2.75) is 11.8 Å². The number of nitrogens with one attached hydrogen (secondary N) is 1. The Morgan fingerprint density at radius 3 is 2.45 bits per heavy atom. The summed E-state index contributed by atoms with van der Waals surface area (Å²) in [6.45, 7) is 1.96. The lowest BCUT2D eigenvalue weighted by atomic mass is 10.2. The smallest absolute Gasteiger partial charge is 0.261 e. The molecule has 1 aromatic heterocycles. The fourth-order valence-electron chi connectivity index (χ4n) is 2.35. The molecule has 0 bridgehead atoms. The van der Waals surface area contributed by atoms with E-state index in [1.54, 1.807) is 24.3 Å². The SMILES string of the molecule is Cc1ccc(NS(=O)(=O)c2ccc3c(ccc[n+]3C)c2)cc1. The lowest BCUT2D eigenvalue weighted by molar-refractivity contribution is -0.644. The van der Waals surface area contributed by atoms with Crippen molar-refractivity contribution in [1.82, 2.24) is 0 Å². The molecule has 0 atom stereocenters. The first-order valence-corrected chi connectivity index (χ1v) is 8.42. The molecule has 0 aliphatic heterocycles. The molecule has 22 heavy (non-hydrogen) atoms. The van der Waals surface area contributed by atoms with Crippen LogP contribution in [0.3, 0.4) is 0 Å². The summed E-state index contributed by atoms with van der Waals surface area (Å²) in [6, 6.07) is 16.2. The van der Waals surface area contributed by atoms with Gasteiger partial charge in [0, 0.05) is 23.2 Å². The van der Waals surface area contributed by atoms with E-state index >= 15 is 0 Å². The van der Waals surface area contributed by atoms with E-state index in [9.17, 15) is 8.42 Å². The molecule has 0 radical (unpaired) electrons. The number of aryl methyl sites for hydroxylation is 2. The Morgan fingerprint density at radius 1 is 1.00 bits per heavy atom. The van der Waals surface area contributed by atoms with Crippen molar-refractivity contribution in [2.24, 2.45) is 7.05 Å². The fraction of sp³-hybridized carbons (Fsp3) is 0.118. The summed E-state index contributed by atoms with van der Waals surface area (Å²) in [5, 5.41) is 0.886. The highest BCUT2D eigenvalue weighted by Gasteiger charge is 2.16. The van der Waals surface area contributed by atoms with Gasteiger partial charge in [0.15, 0.2) is 6.20 Å². The van der Waals surface area contributed by atoms with E-state index < -0.39 is 10.0 Å². The number of benzene rings is 2. The monoisotopic (exact) mass is 313 g/mol. The summed E-state index contributed by atoms with van der Waals surface area (Å²) >= 11 is 0. The van der Waals surface area contributed by atoms with Crippen LogP contribution >= 0.6 is 0 Å². The summed E-state index contributed by atoms with van der Waals surface area (Å²) in [6.07, 6.45) is 1.93. The van der Waals surface area contributed by atoms with E-state index in [0.717, 1.165) is 16.5 Å². The maximum absolute atomic E-state index is 12.5. The summed E-state index contributed by atoms with van der Waals surface area (Å²) in [5.74, 6) is 0. The fourth-order valence-corrected chi connectivity index (χ4v) is 3.44. The number of hydrogen-bond acceptors (Lipinski definition) is 2. The molecule has 112 valence electrons. The minimum Gasteiger partial charge on any atom is -0.280 e. The van der Waals surface area contributed by atoms with Gasteiger partial charge in [-0.1, -0.05) is 17.7 Å². The average molecular weight is 313 g/mol. The molecule has 0 amide bonds. The van der Waals surface area contributed by atoms with E-state index in [4.69, 9.17) is 0 Å². The molecule has 2 aromatic carbocycles. The summed E-state index contributed by atoms with van der Waals surface area (Å²) in [4.78, 5) is 0.256. The van der Waals surface area contributed by atoms with Gasteiger partial charge in [-0.25, -0.2) is 13.0 Å². The minimum atomic E-state index is -3.59. The predicted molar refractivity (Wildman–Crippen MR) is 87.1 cm³/mol. The van der Waals surface area contributed by atoms with Gasteiger partial charge in [0.1, 0.15) is 7.05 Å². The Morgan fingerprint density at radius 2 is 1.73 bits per heavy atom. The second-order valence-corrected chi connectivity index (χ2v) is 6.99. The van der Waals surface area contributed by atoms with Crippen LogP contribution in [0.1, 0.15) is 5.56 Å². The lowest BCUT2D eigenvalue weighted by Gasteiger charge is -2.08. The average Bonchev–Trinajstić information content (AvgIpc) is 2.49. The van der Waals surface area contributed by atoms with E-state index in [0.29, 0.717) is 5.69 Å². The summed E-state index contributed by atoms with van der Waals surface area (Å²) in [7, 11) is -1.66. The van der Waals surface area contributed by atoms with Crippen LogP contribution in [0, 0.1) is 6.92 Å². The standard InChI is InChI=1S/C17H17N2O2S/c1-13-5-7-15(8-6-13)18-22(20,21)16-9-10-17-14(12-16)4-3-11-19(17)2/h3-12,18H,1-2H3/q+1. The maximum Gasteiger partial charge on any atom is 0.261 e. The highest BCUT2D eigenvalue weighted by molar-refractivity contribution is 7.92. The van der Waals surface area contributed by atoms with Crippen molar-refractivity contribution in [3.63, 3.8) is 0 Å². The molecule has 0 saturated carbocycles. The molecule has 5 heteroatoms. The van der Waals surface area contributed by atoms with Crippen LogP contribution in [-0.4, -0.2) is 8.42 Å². The number of rotatable bonds is 3. The first kappa shape index (κ1) is 14.5. The summed E-state index contributed by atoms with van der Waals surface area (Å²) < 4.78 is 29.6. The van der Waals surface area contributed by atoms with Gasteiger partial charge in [0.2, 0.25) is 5.52 Å².